The van der Waals surface area contributed by atoms with E-state index >= 15 is 0 Å². The Labute approximate surface area is 253 Å². The highest BCUT2D eigenvalue weighted by atomic mass is 35.5. The van der Waals surface area contributed by atoms with Gasteiger partial charge in [-0.2, -0.15) is 0 Å². The molecule has 0 unspecified atom stereocenters. The fourth-order valence-electron chi connectivity index (χ4n) is 4.32. The largest absolute Gasteiger partial charge is 0.352 e. The third-order valence-electron chi connectivity index (χ3n) is 7.01. The van der Waals surface area contributed by atoms with E-state index in [0.717, 1.165) is 15.4 Å². The molecular formula is C31H37Cl2N3O4S. The van der Waals surface area contributed by atoms with Crippen molar-refractivity contribution in [3.63, 3.8) is 0 Å². The van der Waals surface area contributed by atoms with Gasteiger partial charge in [0.1, 0.15) is 12.6 Å². The van der Waals surface area contributed by atoms with Crippen LogP contribution in [0.25, 0.3) is 0 Å². The van der Waals surface area contributed by atoms with E-state index in [9.17, 15) is 18.0 Å². The van der Waals surface area contributed by atoms with E-state index in [1.54, 1.807) is 56.3 Å². The van der Waals surface area contributed by atoms with Crippen molar-refractivity contribution in [2.45, 2.75) is 71.5 Å². The van der Waals surface area contributed by atoms with Crippen LogP contribution in [0.5, 0.6) is 0 Å². The SMILES string of the molecule is CC[C@@H](C)NC(=O)[C@@H](C)N(Cc1ccc(Cl)c(Cl)c1)C(=O)CN(c1ccc(C)cc1C)S(=O)(=O)c1ccc(C)cc1. The minimum Gasteiger partial charge on any atom is -0.352 e. The summed E-state index contributed by atoms with van der Waals surface area (Å²) in [5, 5.41) is 3.60. The van der Waals surface area contributed by atoms with E-state index in [2.05, 4.69) is 5.32 Å². The molecule has 41 heavy (non-hydrogen) atoms. The number of benzene rings is 3. The molecule has 1 N–H and O–H groups in total. The number of carbonyl (C=O) groups is 2. The zero-order valence-corrected chi connectivity index (χ0v) is 26.6. The lowest BCUT2D eigenvalue weighted by molar-refractivity contribution is -0.139. The molecule has 0 saturated carbocycles. The second-order valence-corrected chi connectivity index (χ2v) is 13.1. The maximum Gasteiger partial charge on any atom is 0.264 e. The first-order chi connectivity index (χ1) is 19.2. The Kier molecular flexibility index (Phi) is 10.9. The molecule has 0 heterocycles. The third-order valence-corrected chi connectivity index (χ3v) is 9.53. The van der Waals surface area contributed by atoms with Gasteiger partial charge in [-0.15, -0.1) is 0 Å². The fourth-order valence-corrected chi connectivity index (χ4v) is 6.12. The van der Waals surface area contributed by atoms with Gasteiger partial charge in [-0.25, -0.2) is 8.42 Å². The Morgan fingerprint density at radius 1 is 0.878 bits per heavy atom. The molecule has 0 aromatic heterocycles. The smallest absolute Gasteiger partial charge is 0.264 e. The number of halogens is 2. The van der Waals surface area contributed by atoms with Crippen LogP contribution >= 0.6 is 23.2 Å². The lowest BCUT2D eigenvalue weighted by Gasteiger charge is -2.33. The van der Waals surface area contributed by atoms with E-state index in [1.807, 2.05) is 33.8 Å². The number of amides is 2. The lowest BCUT2D eigenvalue weighted by Crippen LogP contribution is -2.52. The van der Waals surface area contributed by atoms with Crippen molar-refractivity contribution in [2.75, 3.05) is 10.8 Å². The number of rotatable bonds is 11. The van der Waals surface area contributed by atoms with E-state index in [0.29, 0.717) is 33.3 Å². The van der Waals surface area contributed by atoms with Gasteiger partial charge in [-0.05, 0) is 82.5 Å². The van der Waals surface area contributed by atoms with Crippen LogP contribution in [0.4, 0.5) is 5.69 Å². The number of nitrogens with zero attached hydrogens (tertiary/aromatic N) is 2. The van der Waals surface area contributed by atoms with Crippen molar-refractivity contribution >= 4 is 50.7 Å². The van der Waals surface area contributed by atoms with Crippen LogP contribution in [0, 0.1) is 20.8 Å². The summed E-state index contributed by atoms with van der Waals surface area (Å²) in [6, 6.07) is 15.8. The van der Waals surface area contributed by atoms with E-state index in [-0.39, 0.29) is 23.4 Å². The summed E-state index contributed by atoms with van der Waals surface area (Å²) in [6.07, 6.45) is 0.717. The van der Waals surface area contributed by atoms with Crippen molar-refractivity contribution in [3.05, 3.63) is 93.0 Å². The molecule has 2 atom stereocenters. The zero-order chi connectivity index (χ0) is 30.5. The van der Waals surface area contributed by atoms with E-state index < -0.39 is 28.5 Å². The average Bonchev–Trinajstić information content (AvgIpc) is 2.92. The highest BCUT2D eigenvalue weighted by molar-refractivity contribution is 7.92. The van der Waals surface area contributed by atoms with Crippen molar-refractivity contribution in [1.82, 2.24) is 10.2 Å². The number of sulfonamides is 1. The van der Waals surface area contributed by atoms with Crippen LogP contribution in [0.2, 0.25) is 10.0 Å². The van der Waals surface area contributed by atoms with Crippen LogP contribution in [0.15, 0.2) is 65.6 Å². The first-order valence-corrected chi connectivity index (χ1v) is 15.6. The highest BCUT2D eigenvalue weighted by Gasteiger charge is 2.33. The molecule has 0 saturated heterocycles. The summed E-state index contributed by atoms with van der Waals surface area (Å²) in [6.45, 7) is 10.6. The molecule has 7 nitrogen and oxygen atoms in total. The van der Waals surface area contributed by atoms with Gasteiger partial charge < -0.3 is 10.2 Å². The van der Waals surface area contributed by atoms with Gasteiger partial charge in [0.05, 0.1) is 20.6 Å². The van der Waals surface area contributed by atoms with Crippen LogP contribution < -0.4 is 9.62 Å². The number of carbonyl (C=O) groups excluding carboxylic acids is 2. The van der Waals surface area contributed by atoms with Crippen molar-refractivity contribution in [2.24, 2.45) is 0 Å². The first-order valence-electron chi connectivity index (χ1n) is 13.4. The molecule has 0 fully saturated rings. The number of aryl methyl sites for hydroxylation is 3. The summed E-state index contributed by atoms with van der Waals surface area (Å²) in [4.78, 5) is 28.7. The number of anilines is 1. The van der Waals surface area contributed by atoms with Crippen molar-refractivity contribution in [3.8, 4) is 0 Å². The van der Waals surface area contributed by atoms with Gasteiger partial charge in [0.15, 0.2) is 0 Å². The van der Waals surface area contributed by atoms with E-state index in [4.69, 9.17) is 23.2 Å². The summed E-state index contributed by atoms with van der Waals surface area (Å²) in [5.74, 6) is -0.884. The monoisotopic (exact) mass is 617 g/mol. The van der Waals surface area contributed by atoms with Crippen molar-refractivity contribution in [1.29, 1.82) is 0 Å². The molecule has 0 spiro atoms. The lowest BCUT2D eigenvalue weighted by atomic mass is 10.1. The Morgan fingerprint density at radius 2 is 1.51 bits per heavy atom. The summed E-state index contributed by atoms with van der Waals surface area (Å²) in [5.41, 5.74) is 3.60. The van der Waals surface area contributed by atoms with Crippen LogP contribution in [0.3, 0.4) is 0 Å². The Hall–Kier alpha value is -3.07. The normalized spacial score (nSPS) is 12.9. The minimum atomic E-state index is -4.14. The van der Waals surface area contributed by atoms with Crippen LogP contribution in [-0.4, -0.2) is 43.8 Å². The quantitative estimate of drug-likeness (QED) is 0.268. The summed E-state index contributed by atoms with van der Waals surface area (Å²) >= 11 is 12.3. The van der Waals surface area contributed by atoms with E-state index in [1.165, 1.54) is 17.0 Å². The molecule has 3 rings (SSSR count). The number of nitrogens with one attached hydrogen (secondary N) is 1. The molecule has 3 aromatic carbocycles. The Bertz CT molecular complexity index is 1510. The molecule has 3 aromatic rings. The molecule has 220 valence electrons. The molecular weight excluding hydrogens is 581 g/mol. The van der Waals surface area contributed by atoms with Gasteiger partial charge >= 0.3 is 0 Å². The predicted molar refractivity (Wildman–Crippen MR) is 166 cm³/mol. The Morgan fingerprint density at radius 3 is 2.10 bits per heavy atom. The zero-order valence-electron chi connectivity index (χ0n) is 24.2. The molecule has 0 aliphatic heterocycles. The summed E-state index contributed by atoms with van der Waals surface area (Å²) < 4.78 is 29.1. The standard InChI is InChI=1S/C31H37Cl2N3O4S/c1-7-23(5)34-31(38)24(6)35(18-25-11-14-27(32)28(33)17-25)30(37)19-36(29-15-10-21(3)16-22(29)4)41(39,40)26-12-8-20(2)9-13-26/h8-17,23-24H,7,18-19H2,1-6H3,(H,34,38)/t23-,24-/m1/s1. The van der Waals surface area contributed by atoms with Crippen molar-refractivity contribution < 1.29 is 18.0 Å². The maximum atomic E-state index is 14.1. The molecule has 0 bridgehead atoms. The molecule has 0 aliphatic carbocycles. The molecule has 2 amide bonds. The van der Waals surface area contributed by atoms with Crippen LogP contribution in [0.1, 0.15) is 49.4 Å². The van der Waals surface area contributed by atoms with Gasteiger partial charge in [0.25, 0.3) is 10.0 Å². The molecule has 0 aliphatic rings. The third kappa shape index (κ3) is 8.03. The Balaban J connectivity index is 2.07. The second-order valence-electron chi connectivity index (χ2n) is 10.4. The van der Waals surface area contributed by atoms with Gasteiger partial charge in [0.2, 0.25) is 11.8 Å². The minimum absolute atomic E-state index is 0.0239. The van der Waals surface area contributed by atoms with Gasteiger partial charge in [-0.3, -0.25) is 13.9 Å². The molecule has 0 radical (unpaired) electrons. The number of hydrogen-bond acceptors (Lipinski definition) is 4. The predicted octanol–water partition coefficient (Wildman–Crippen LogP) is 6.45. The first kappa shape index (κ1) is 32.4. The highest BCUT2D eigenvalue weighted by Crippen LogP contribution is 2.29. The van der Waals surface area contributed by atoms with Gasteiger partial charge in [-0.1, -0.05) is 71.6 Å². The van der Waals surface area contributed by atoms with Gasteiger partial charge in [0, 0.05) is 12.6 Å². The second kappa shape index (κ2) is 13.7. The number of hydrogen-bond donors (Lipinski definition) is 1. The summed E-state index contributed by atoms with van der Waals surface area (Å²) in [7, 11) is -4.14. The fraction of sp³-hybridized carbons (Fsp3) is 0.355. The maximum absolute atomic E-state index is 14.1. The molecule has 10 heteroatoms. The average molecular weight is 619 g/mol. The topological polar surface area (TPSA) is 86.8 Å². The van der Waals surface area contributed by atoms with Crippen LogP contribution in [-0.2, 0) is 26.2 Å².